The van der Waals surface area contributed by atoms with Gasteiger partial charge in [0.15, 0.2) is 0 Å². The second-order valence-corrected chi connectivity index (χ2v) is 5.09. The third kappa shape index (κ3) is 4.19. The zero-order valence-electron chi connectivity index (χ0n) is 13.6. The molecule has 21 heteroatoms. The molecule has 0 nitrogen and oxygen atoms in total. The van der Waals surface area contributed by atoms with Gasteiger partial charge in [0.25, 0.3) is 0 Å². The monoisotopic (exact) mass is 523 g/mol. The van der Waals surface area contributed by atoms with Crippen molar-refractivity contribution in [1.82, 2.24) is 0 Å². The summed E-state index contributed by atoms with van der Waals surface area (Å²) in [6.07, 6.45) is -12.5. The van der Waals surface area contributed by atoms with E-state index in [4.69, 9.17) is 0 Å². The van der Waals surface area contributed by atoms with Gasteiger partial charge in [-0.3, -0.25) is 0 Å². The van der Waals surface area contributed by atoms with Crippen LogP contribution in [-0.2, 0) is 0 Å². The summed E-state index contributed by atoms with van der Waals surface area (Å²) < 4.78 is 251. The van der Waals surface area contributed by atoms with E-state index in [1.54, 1.807) is 0 Å². The molecular weight excluding hydrogens is 523 g/mol. The molecule has 0 aliphatic rings. The summed E-state index contributed by atoms with van der Waals surface area (Å²) >= 11 is 0. The third-order valence-corrected chi connectivity index (χ3v) is 3.16. The van der Waals surface area contributed by atoms with Crippen LogP contribution in [0.2, 0.25) is 0 Å². The van der Waals surface area contributed by atoms with Crippen molar-refractivity contribution >= 4 is 29.6 Å². The number of halogens is 20. The Morgan fingerprint density at radius 1 is 0.355 bits per heavy atom. The van der Waals surface area contributed by atoms with Gasteiger partial charge in [0.05, 0.1) is 0 Å². The number of alkyl halides is 17. The van der Waals surface area contributed by atoms with Crippen molar-refractivity contribution in [1.29, 1.82) is 0 Å². The van der Waals surface area contributed by atoms with Crippen molar-refractivity contribution in [2.45, 2.75) is 47.6 Å². The summed E-state index contributed by atoms with van der Waals surface area (Å²) in [6, 6.07) is 0. The van der Waals surface area contributed by atoms with Crippen molar-refractivity contribution in [2.75, 3.05) is 0 Å². The molecule has 0 rings (SSSR count). The van der Waals surface area contributed by atoms with Crippen LogP contribution < -0.4 is 0 Å². The fraction of sp³-hybridized carbons (Fsp3) is 0.800. The van der Waals surface area contributed by atoms with Gasteiger partial charge >= 0.3 is 53.7 Å². The minimum Gasteiger partial charge on any atom is -0.199 e. The first kappa shape index (κ1) is 32.5. The number of hydrogen-bond acceptors (Lipinski definition) is 0. The number of allylic oxidation sites excluding steroid dienone is 1. The molecule has 0 aromatic rings. The van der Waals surface area contributed by atoms with Crippen molar-refractivity contribution in [3.63, 3.8) is 0 Å². The Labute approximate surface area is 177 Å². The average molecular weight is 523 g/mol. The molecule has 0 fully saturated rings. The maximum atomic E-state index is 13.1. The summed E-state index contributed by atoms with van der Waals surface area (Å²) in [5, 5.41) is 0. The second kappa shape index (κ2) is 8.28. The molecule has 0 heterocycles. The predicted octanol–water partition coefficient (Wildman–Crippen LogP) is 6.69. The van der Waals surface area contributed by atoms with Crippen molar-refractivity contribution in [3.8, 4) is 0 Å². The molecule has 0 saturated heterocycles. The fourth-order valence-corrected chi connectivity index (χ4v) is 1.42. The van der Waals surface area contributed by atoms with Crippen LogP contribution in [0.5, 0.6) is 0 Å². The predicted molar refractivity (Wildman–Crippen MR) is 56.8 cm³/mol. The van der Waals surface area contributed by atoms with E-state index >= 15 is 0 Å². The van der Waals surface area contributed by atoms with Crippen LogP contribution in [0.3, 0.4) is 0 Å². The zero-order valence-corrected chi connectivity index (χ0v) is 15.6. The number of hydrogen-bond donors (Lipinski definition) is 0. The molecule has 0 spiro atoms. The molecule has 181 valence electrons. The van der Waals surface area contributed by atoms with Crippen LogP contribution in [0.15, 0.2) is 11.9 Å². The molecule has 0 amide bonds. The van der Waals surface area contributed by atoms with Gasteiger partial charge in [0, 0.05) is 29.6 Å². The summed E-state index contributed by atoms with van der Waals surface area (Å²) in [6.45, 7) is 0. The van der Waals surface area contributed by atoms with Gasteiger partial charge in [-0.1, -0.05) is 0 Å². The molecule has 31 heavy (non-hydrogen) atoms. The molecular formula is C10F20Na. The Hall–Kier alpha value is -0.660. The largest absolute Gasteiger partial charge is 0.460 e. The molecule has 0 aliphatic carbocycles. The van der Waals surface area contributed by atoms with Crippen LogP contribution in [0.1, 0.15) is 0 Å². The summed E-state index contributed by atoms with van der Waals surface area (Å²) in [4.78, 5) is 0. The molecule has 0 aliphatic heterocycles. The van der Waals surface area contributed by atoms with Crippen LogP contribution in [0.4, 0.5) is 87.8 Å². The molecule has 0 unspecified atom stereocenters. The normalized spacial score (nSPS) is 15.5. The minimum atomic E-state index is -8.95. The van der Waals surface area contributed by atoms with Gasteiger partial charge in [0.1, 0.15) is 0 Å². The topological polar surface area (TPSA) is 0 Å². The Kier molecular flexibility index (Phi) is 8.69. The van der Waals surface area contributed by atoms with Gasteiger partial charge in [-0.2, -0.15) is 87.8 Å². The average Bonchev–Trinajstić information content (AvgIpc) is 2.51. The first-order valence-corrected chi connectivity index (χ1v) is 6.03. The number of rotatable bonds is 7. The molecule has 0 saturated carbocycles. The van der Waals surface area contributed by atoms with E-state index < -0.39 is 59.5 Å². The zero-order chi connectivity index (χ0) is 25.2. The van der Waals surface area contributed by atoms with Crippen LogP contribution in [0.25, 0.3) is 0 Å². The maximum absolute atomic E-state index is 13.1. The summed E-state index contributed by atoms with van der Waals surface area (Å²) in [5.74, 6) is -65.1. The Bertz CT molecular complexity index is 679. The van der Waals surface area contributed by atoms with E-state index in [9.17, 15) is 87.8 Å². The van der Waals surface area contributed by atoms with Crippen LogP contribution in [-0.4, -0.2) is 77.2 Å². The first-order valence-electron chi connectivity index (χ1n) is 6.03. The molecule has 0 aromatic carbocycles. The first-order chi connectivity index (χ1) is 12.6. The van der Waals surface area contributed by atoms with Gasteiger partial charge in [-0.15, -0.1) is 0 Å². The van der Waals surface area contributed by atoms with Gasteiger partial charge in [-0.05, 0) is 0 Å². The van der Waals surface area contributed by atoms with Gasteiger partial charge in [0.2, 0.25) is 5.83 Å². The molecule has 1 radical (unpaired) electrons. The van der Waals surface area contributed by atoms with E-state index in [2.05, 4.69) is 0 Å². The smallest absolute Gasteiger partial charge is 0.199 e. The van der Waals surface area contributed by atoms with Crippen LogP contribution in [0, 0.1) is 0 Å². The molecule has 0 N–H and O–H groups in total. The van der Waals surface area contributed by atoms with Crippen LogP contribution >= 0.6 is 0 Å². The summed E-state index contributed by atoms with van der Waals surface area (Å²) in [7, 11) is 0. The second-order valence-electron chi connectivity index (χ2n) is 5.09. The quantitative estimate of drug-likeness (QED) is 0.258. The molecule has 0 bridgehead atoms. The van der Waals surface area contributed by atoms with E-state index in [1.807, 2.05) is 0 Å². The summed E-state index contributed by atoms with van der Waals surface area (Å²) in [5.41, 5.74) is 0. The Morgan fingerprint density at radius 2 is 0.581 bits per heavy atom. The van der Waals surface area contributed by atoms with Crippen molar-refractivity contribution < 1.29 is 87.8 Å². The van der Waals surface area contributed by atoms with Crippen molar-refractivity contribution in [2.24, 2.45) is 0 Å². The molecule has 0 aromatic heterocycles. The van der Waals surface area contributed by atoms with Gasteiger partial charge < -0.3 is 0 Å². The minimum absolute atomic E-state index is 0. The SMILES string of the molecule is FC(F)=C(F)C(F)(F)C(F)(F)C(F)(F)C(F)(F)C(F)(F)C(F)(F)C(F)(F)C(F)(F)F.[Na]. The van der Waals surface area contributed by atoms with E-state index in [-0.39, 0.29) is 29.6 Å². The third-order valence-electron chi connectivity index (χ3n) is 3.16. The molecule has 0 atom stereocenters. The van der Waals surface area contributed by atoms with Gasteiger partial charge in [-0.25, -0.2) is 0 Å². The van der Waals surface area contributed by atoms with Crippen molar-refractivity contribution in [3.05, 3.63) is 11.9 Å². The standard InChI is InChI=1S/C10F20.Na/c11-1(2(12)13)3(14,15)4(16,17)5(18,19)6(20,21)7(22,23)8(24,25)9(26,27)10(28,29)30;. The van der Waals surface area contributed by atoms with E-state index in [0.29, 0.717) is 0 Å². The maximum Gasteiger partial charge on any atom is 0.460 e. The fourth-order valence-electron chi connectivity index (χ4n) is 1.42. The van der Waals surface area contributed by atoms with E-state index in [0.717, 1.165) is 0 Å². The van der Waals surface area contributed by atoms with E-state index in [1.165, 1.54) is 0 Å². The Balaban J connectivity index is 0. The Morgan fingerprint density at radius 3 is 0.806 bits per heavy atom.